The summed E-state index contributed by atoms with van der Waals surface area (Å²) in [5, 5.41) is 7.23. The monoisotopic (exact) mass is 369 g/mol. The Morgan fingerprint density at radius 2 is 2.08 bits per heavy atom. The van der Waals surface area contributed by atoms with Gasteiger partial charge in [0.15, 0.2) is 5.11 Å². The predicted molar refractivity (Wildman–Crippen MR) is 106 cm³/mol. The van der Waals surface area contributed by atoms with Gasteiger partial charge in [0.2, 0.25) is 0 Å². The summed E-state index contributed by atoms with van der Waals surface area (Å²) in [7, 11) is 0. The van der Waals surface area contributed by atoms with Crippen LogP contribution in [0.3, 0.4) is 0 Å². The first kappa shape index (κ1) is 18.3. The standard InChI is InChI=1S/C20H23N3O2S/c1-2-25-18(24)15-7-5-9-17(13-15)22-19(26)23-20(10-3-4-11-20)16-8-6-12-21-14-16/h5-9,12-14H,2-4,10-11H2,1H3,(H2,22,23,26). The molecule has 1 aliphatic carbocycles. The minimum absolute atomic E-state index is 0.183. The third-order valence-corrected chi connectivity index (χ3v) is 4.86. The van der Waals surface area contributed by atoms with Crippen LogP contribution in [0.5, 0.6) is 0 Å². The van der Waals surface area contributed by atoms with Crippen LogP contribution in [0.4, 0.5) is 5.69 Å². The van der Waals surface area contributed by atoms with Crippen molar-refractivity contribution >= 4 is 29.0 Å². The molecule has 136 valence electrons. The number of nitrogens with zero attached hydrogens (tertiary/aromatic N) is 1. The minimum Gasteiger partial charge on any atom is -0.462 e. The molecule has 1 fully saturated rings. The number of anilines is 1. The molecule has 6 heteroatoms. The Morgan fingerprint density at radius 3 is 2.77 bits per heavy atom. The molecule has 5 nitrogen and oxygen atoms in total. The van der Waals surface area contributed by atoms with E-state index in [-0.39, 0.29) is 11.5 Å². The first-order chi connectivity index (χ1) is 12.6. The normalized spacial score (nSPS) is 15.3. The van der Waals surface area contributed by atoms with Crippen LogP contribution in [-0.4, -0.2) is 22.7 Å². The summed E-state index contributed by atoms with van der Waals surface area (Å²) in [4.78, 5) is 16.2. The van der Waals surface area contributed by atoms with Crippen LogP contribution in [0.2, 0.25) is 0 Å². The van der Waals surface area contributed by atoms with Crippen molar-refractivity contribution in [3.63, 3.8) is 0 Å². The van der Waals surface area contributed by atoms with Crippen molar-refractivity contribution in [2.45, 2.75) is 38.1 Å². The van der Waals surface area contributed by atoms with E-state index < -0.39 is 0 Å². The molecular weight excluding hydrogens is 346 g/mol. The maximum Gasteiger partial charge on any atom is 0.338 e. The van der Waals surface area contributed by atoms with E-state index in [4.69, 9.17) is 17.0 Å². The summed E-state index contributed by atoms with van der Waals surface area (Å²) in [5.74, 6) is -0.336. The smallest absolute Gasteiger partial charge is 0.338 e. The Balaban J connectivity index is 1.72. The lowest BCUT2D eigenvalue weighted by atomic mass is 9.89. The quantitative estimate of drug-likeness (QED) is 0.613. The summed E-state index contributed by atoms with van der Waals surface area (Å²) in [6.45, 7) is 2.14. The fourth-order valence-electron chi connectivity index (χ4n) is 3.43. The van der Waals surface area contributed by atoms with Gasteiger partial charge >= 0.3 is 5.97 Å². The topological polar surface area (TPSA) is 63.2 Å². The van der Waals surface area contributed by atoms with Crippen molar-refractivity contribution in [2.75, 3.05) is 11.9 Å². The van der Waals surface area contributed by atoms with Crippen molar-refractivity contribution < 1.29 is 9.53 Å². The summed E-state index contributed by atoms with van der Waals surface area (Å²) in [6.07, 6.45) is 8.03. The highest BCUT2D eigenvalue weighted by molar-refractivity contribution is 7.80. The van der Waals surface area contributed by atoms with E-state index in [1.54, 1.807) is 25.3 Å². The highest BCUT2D eigenvalue weighted by atomic mass is 32.1. The fourth-order valence-corrected chi connectivity index (χ4v) is 3.74. The van der Waals surface area contributed by atoms with Gasteiger partial charge in [-0.2, -0.15) is 0 Å². The van der Waals surface area contributed by atoms with Crippen molar-refractivity contribution in [1.82, 2.24) is 10.3 Å². The zero-order valence-corrected chi connectivity index (χ0v) is 15.6. The zero-order valence-electron chi connectivity index (χ0n) is 14.8. The summed E-state index contributed by atoms with van der Waals surface area (Å²) in [6, 6.07) is 11.2. The number of benzene rings is 1. The molecule has 0 bridgehead atoms. The SMILES string of the molecule is CCOC(=O)c1cccc(NC(=S)NC2(c3cccnc3)CCCC2)c1. The molecular formula is C20H23N3O2S. The lowest BCUT2D eigenvalue weighted by Gasteiger charge is -2.32. The number of rotatable bonds is 5. The highest BCUT2D eigenvalue weighted by Crippen LogP contribution is 2.38. The van der Waals surface area contributed by atoms with E-state index in [1.807, 2.05) is 24.4 Å². The number of aromatic nitrogens is 1. The Morgan fingerprint density at radius 1 is 1.27 bits per heavy atom. The molecule has 1 aliphatic rings. The number of esters is 1. The number of hydrogen-bond acceptors (Lipinski definition) is 4. The Hall–Kier alpha value is -2.47. The molecule has 1 heterocycles. The van der Waals surface area contributed by atoms with E-state index in [9.17, 15) is 4.79 Å². The molecule has 0 radical (unpaired) electrons. The fraction of sp³-hybridized carbons (Fsp3) is 0.350. The van der Waals surface area contributed by atoms with Gasteiger partial charge in [0.25, 0.3) is 0 Å². The molecule has 1 saturated carbocycles. The maximum atomic E-state index is 11.9. The van der Waals surface area contributed by atoms with Gasteiger partial charge in [-0.25, -0.2) is 4.79 Å². The lowest BCUT2D eigenvalue weighted by Crippen LogP contribution is -2.45. The van der Waals surface area contributed by atoms with Gasteiger partial charge in [-0.1, -0.05) is 25.0 Å². The van der Waals surface area contributed by atoms with Crippen LogP contribution >= 0.6 is 12.2 Å². The van der Waals surface area contributed by atoms with E-state index in [2.05, 4.69) is 21.7 Å². The summed E-state index contributed by atoms with van der Waals surface area (Å²) < 4.78 is 5.05. The first-order valence-electron chi connectivity index (χ1n) is 8.90. The number of nitrogens with one attached hydrogen (secondary N) is 2. The Kier molecular flexibility index (Phi) is 5.83. The molecule has 1 aromatic heterocycles. The second kappa shape index (κ2) is 8.27. The Bertz CT molecular complexity index is 774. The van der Waals surface area contributed by atoms with Crippen LogP contribution in [0.1, 0.15) is 48.5 Å². The molecule has 3 rings (SSSR count). The number of carbonyl (C=O) groups is 1. The third kappa shape index (κ3) is 4.19. The predicted octanol–water partition coefficient (Wildman–Crippen LogP) is 4.01. The molecule has 2 N–H and O–H groups in total. The molecule has 0 aliphatic heterocycles. The molecule has 2 aromatic rings. The van der Waals surface area contributed by atoms with Gasteiger partial charge in [0.05, 0.1) is 17.7 Å². The largest absolute Gasteiger partial charge is 0.462 e. The number of carbonyl (C=O) groups excluding carboxylic acids is 1. The number of ether oxygens (including phenoxy) is 1. The molecule has 0 atom stereocenters. The van der Waals surface area contributed by atoms with Gasteiger partial charge in [0, 0.05) is 18.1 Å². The third-order valence-electron chi connectivity index (χ3n) is 4.66. The molecule has 0 unspecified atom stereocenters. The average Bonchev–Trinajstić information content (AvgIpc) is 3.12. The van der Waals surface area contributed by atoms with Gasteiger partial charge in [0.1, 0.15) is 0 Å². The van der Waals surface area contributed by atoms with Gasteiger partial charge in [-0.05, 0) is 61.8 Å². The zero-order chi connectivity index (χ0) is 18.4. The van der Waals surface area contributed by atoms with Gasteiger partial charge in [-0.3, -0.25) is 4.98 Å². The first-order valence-corrected chi connectivity index (χ1v) is 9.31. The average molecular weight is 369 g/mol. The van der Waals surface area contributed by atoms with E-state index in [0.29, 0.717) is 17.3 Å². The Labute approximate surface area is 159 Å². The van der Waals surface area contributed by atoms with Gasteiger partial charge < -0.3 is 15.4 Å². The van der Waals surface area contributed by atoms with Crippen molar-refractivity contribution in [1.29, 1.82) is 0 Å². The highest BCUT2D eigenvalue weighted by Gasteiger charge is 2.36. The summed E-state index contributed by atoms with van der Waals surface area (Å²) >= 11 is 5.55. The van der Waals surface area contributed by atoms with E-state index in [0.717, 1.165) is 36.9 Å². The molecule has 0 spiro atoms. The molecule has 26 heavy (non-hydrogen) atoms. The van der Waals surface area contributed by atoms with E-state index >= 15 is 0 Å². The van der Waals surface area contributed by atoms with Crippen molar-refractivity contribution in [3.8, 4) is 0 Å². The van der Waals surface area contributed by atoms with Crippen molar-refractivity contribution in [3.05, 3.63) is 59.9 Å². The van der Waals surface area contributed by atoms with Crippen LogP contribution in [0, 0.1) is 0 Å². The van der Waals surface area contributed by atoms with Crippen LogP contribution < -0.4 is 10.6 Å². The van der Waals surface area contributed by atoms with Crippen LogP contribution in [0.25, 0.3) is 0 Å². The second-order valence-corrected chi connectivity index (χ2v) is 6.82. The van der Waals surface area contributed by atoms with Crippen LogP contribution in [0.15, 0.2) is 48.8 Å². The number of thiocarbonyl (C=S) groups is 1. The maximum absolute atomic E-state index is 11.9. The lowest BCUT2D eigenvalue weighted by molar-refractivity contribution is 0.0526. The molecule has 1 aromatic carbocycles. The molecule has 0 amide bonds. The van der Waals surface area contributed by atoms with Crippen LogP contribution in [-0.2, 0) is 10.3 Å². The summed E-state index contributed by atoms with van der Waals surface area (Å²) in [5.41, 5.74) is 2.23. The van der Waals surface area contributed by atoms with Crippen molar-refractivity contribution in [2.24, 2.45) is 0 Å². The number of hydrogen-bond donors (Lipinski definition) is 2. The number of pyridine rings is 1. The van der Waals surface area contributed by atoms with E-state index in [1.165, 1.54) is 0 Å². The minimum atomic E-state index is -0.336. The second-order valence-electron chi connectivity index (χ2n) is 6.41. The van der Waals surface area contributed by atoms with Gasteiger partial charge in [-0.15, -0.1) is 0 Å². The molecule has 0 saturated heterocycles.